The van der Waals surface area contributed by atoms with Gasteiger partial charge in [-0.05, 0) is 57.9 Å². The highest BCUT2D eigenvalue weighted by molar-refractivity contribution is 7.27. The molecule has 0 saturated heterocycles. The van der Waals surface area contributed by atoms with Crippen molar-refractivity contribution in [3.8, 4) is 39.9 Å². The molecule has 0 amide bonds. The third-order valence-corrected chi connectivity index (χ3v) is 11.5. The van der Waals surface area contributed by atoms with Gasteiger partial charge in [0, 0.05) is 53.3 Å². The lowest BCUT2D eigenvalue weighted by Gasteiger charge is -2.12. The van der Waals surface area contributed by atoms with Crippen molar-refractivity contribution in [2.45, 2.75) is 0 Å². The van der Waals surface area contributed by atoms with Crippen LogP contribution in [0.2, 0.25) is 0 Å². The van der Waals surface area contributed by atoms with Crippen LogP contribution < -0.4 is 0 Å². The van der Waals surface area contributed by atoms with E-state index in [1.807, 2.05) is 29.5 Å². The Morgan fingerprint density at radius 2 is 1.00 bits per heavy atom. The smallest absolute Gasteiger partial charge is 0.165 e. The van der Waals surface area contributed by atoms with E-state index in [1.54, 1.807) is 0 Å². The number of thiophene rings is 1. The fourth-order valence-corrected chi connectivity index (χ4v) is 9.28. The first-order chi connectivity index (χ1) is 25.8. The second-order valence-corrected chi connectivity index (χ2v) is 14.2. The Bertz CT molecular complexity index is 3180. The molecule has 0 unspecified atom stereocenters. The van der Waals surface area contributed by atoms with Gasteiger partial charge in [-0.2, -0.15) is 0 Å². The van der Waals surface area contributed by atoms with Crippen molar-refractivity contribution < 1.29 is 0 Å². The number of aromatic nitrogens is 4. The van der Waals surface area contributed by atoms with E-state index < -0.39 is 0 Å². The van der Waals surface area contributed by atoms with Gasteiger partial charge >= 0.3 is 0 Å². The number of nitrogens with zero attached hydrogens (tertiary/aromatic N) is 4. The van der Waals surface area contributed by atoms with Gasteiger partial charge in [-0.25, -0.2) is 15.0 Å². The van der Waals surface area contributed by atoms with Crippen LogP contribution in [0.5, 0.6) is 0 Å². The molecule has 0 aliphatic carbocycles. The number of rotatable bonds is 4. The van der Waals surface area contributed by atoms with Crippen LogP contribution in [-0.2, 0) is 0 Å². The molecule has 0 bridgehead atoms. The van der Waals surface area contributed by atoms with Crippen LogP contribution in [0.15, 0.2) is 170 Å². The van der Waals surface area contributed by atoms with Crippen LogP contribution in [0.1, 0.15) is 0 Å². The van der Waals surface area contributed by atoms with E-state index in [0.717, 1.165) is 33.2 Å². The highest BCUT2D eigenvalue weighted by Crippen LogP contribution is 2.46. The maximum atomic E-state index is 5.31. The van der Waals surface area contributed by atoms with E-state index >= 15 is 0 Å². The van der Waals surface area contributed by atoms with Crippen molar-refractivity contribution >= 4 is 74.9 Å². The predicted octanol–water partition coefficient (Wildman–Crippen LogP) is 12.6. The first kappa shape index (κ1) is 29.1. The molecule has 4 nitrogen and oxygen atoms in total. The second-order valence-electron chi connectivity index (χ2n) is 13.2. The van der Waals surface area contributed by atoms with Gasteiger partial charge in [0.1, 0.15) is 0 Å². The number of fused-ring (bicyclic) bond motifs is 10. The van der Waals surface area contributed by atoms with Gasteiger partial charge in [0.2, 0.25) is 0 Å². The van der Waals surface area contributed by atoms with E-state index in [0.29, 0.717) is 17.5 Å². The summed E-state index contributed by atoms with van der Waals surface area (Å²) >= 11 is 1.83. The third kappa shape index (κ3) is 4.36. The van der Waals surface area contributed by atoms with E-state index in [4.69, 9.17) is 15.0 Å². The lowest BCUT2D eigenvalue weighted by atomic mass is 9.97. The van der Waals surface area contributed by atoms with Crippen LogP contribution in [-0.4, -0.2) is 19.5 Å². The molecule has 0 fully saturated rings. The number of benzene rings is 8. The molecule has 11 rings (SSSR count). The van der Waals surface area contributed by atoms with E-state index in [1.165, 1.54) is 52.8 Å². The maximum absolute atomic E-state index is 5.31. The average Bonchev–Trinajstić information content (AvgIpc) is 3.77. The molecule has 0 aliphatic rings. The summed E-state index contributed by atoms with van der Waals surface area (Å²) in [4.78, 5) is 15.7. The van der Waals surface area contributed by atoms with E-state index in [9.17, 15) is 0 Å². The van der Waals surface area contributed by atoms with Gasteiger partial charge < -0.3 is 4.57 Å². The fourth-order valence-electron chi connectivity index (χ4n) is 7.91. The third-order valence-electron chi connectivity index (χ3n) is 10.2. The molecular formula is C47H28N4S. The summed E-state index contributed by atoms with van der Waals surface area (Å²) in [5.41, 5.74) is 6.51. The standard InChI is InChI=1S/C47H28N4S/c1-3-14-29(15-4-1)45-48-46(50-47(49-45)39-28-30-16-7-8-19-32(30)33-20-9-10-21-34(33)39)38-24-13-23-35-36-26-27-41-42(44(36)52-43(35)38)37-22-11-12-25-40(37)51(41)31-17-5-2-6-18-31/h1-28H. The number of hydrogen-bond acceptors (Lipinski definition) is 4. The van der Waals surface area contributed by atoms with Gasteiger partial charge in [0.05, 0.1) is 11.0 Å². The first-order valence-corrected chi connectivity index (χ1v) is 18.3. The lowest BCUT2D eigenvalue weighted by Crippen LogP contribution is -2.00. The maximum Gasteiger partial charge on any atom is 0.165 e. The summed E-state index contributed by atoms with van der Waals surface area (Å²) in [6, 6.07) is 60.0. The van der Waals surface area contributed by atoms with Crippen LogP contribution in [0.3, 0.4) is 0 Å². The van der Waals surface area contributed by atoms with Crippen LogP contribution in [0, 0.1) is 0 Å². The molecular weight excluding hydrogens is 653 g/mol. The van der Waals surface area contributed by atoms with Crippen LogP contribution >= 0.6 is 11.3 Å². The molecule has 0 radical (unpaired) electrons. The first-order valence-electron chi connectivity index (χ1n) is 17.5. The van der Waals surface area contributed by atoms with Gasteiger partial charge in [-0.1, -0.05) is 133 Å². The Labute approximate surface area is 302 Å². The fraction of sp³-hybridized carbons (Fsp3) is 0. The molecule has 242 valence electrons. The average molecular weight is 681 g/mol. The van der Waals surface area contributed by atoms with Gasteiger partial charge in [-0.3, -0.25) is 0 Å². The summed E-state index contributed by atoms with van der Waals surface area (Å²) < 4.78 is 4.82. The Morgan fingerprint density at radius 3 is 1.83 bits per heavy atom. The van der Waals surface area contributed by atoms with Crippen molar-refractivity contribution in [1.82, 2.24) is 19.5 Å². The molecule has 11 aromatic rings. The van der Waals surface area contributed by atoms with Crippen molar-refractivity contribution in [1.29, 1.82) is 0 Å². The Hall–Kier alpha value is -6.69. The molecule has 0 atom stereocenters. The summed E-state index contributed by atoms with van der Waals surface area (Å²) in [5.74, 6) is 1.99. The van der Waals surface area contributed by atoms with Gasteiger partial charge in [0.25, 0.3) is 0 Å². The minimum absolute atomic E-state index is 0.657. The van der Waals surface area contributed by atoms with E-state index in [2.05, 4.69) is 156 Å². The normalized spacial score (nSPS) is 11.8. The van der Waals surface area contributed by atoms with Crippen LogP contribution in [0.25, 0.3) is 103 Å². The summed E-state index contributed by atoms with van der Waals surface area (Å²) in [6.45, 7) is 0. The van der Waals surface area contributed by atoms with Crippen molar-refractivity contribution in [3.63, 3.8) is 0 Å². The highest BCUT2D eigenvalue weighted by atomic mass is 32.1. The molecule has 3 heterocycles. The Kier molecular flexibility index (Phi) is 6.39. The van der Waals surface area contributed by atoms with Crippen molar-refractivity contribution in [2.24, 2.45) is 0 Å². The van der Waals surface area contributed by atoms with Gasteiger partial charge in [-0.15, -0.1) is 11.3 Å². The zero-order chi connectivity index (χ0) is 34.2. The molecule has 5 heteroatoms. The zero-order valence-corrected chi connectivity index (χ0v) is 28.7. The Balaban J connectivity index is 1.20. The molecule has 0 spiro atoms. The summed E-state index contributed by atoms with van der Waals surface area (Å²) in [7, 11) is 0. The van der Waals surface area contributed by atoms with E-state index in [-0.39, 0.29) is 0 Å². The van der Waals surface area contributed by atoms with Crippen molar-refractivity contribution in [2.75, 3.05) is 0 Å². The molecule has 0 N–H and O–H groups in total. The van der Waals surface area contributed by atoms with Gasteiger partial charge in [0.15, 0.2) is 17.5 Å². The van der Waals surface area contributed by atoms with Crippen molar-refractivity contribution in [3.05, 3.63) is 170 Å². The zero-order valence-electron chi connectivity index (χ0n) is 27.9. The lowest BCUT2D eigenvalue weighted by molar-refractivity contribution is 1.08. The highest BCUT2D eigenvalue weighted by Gasteiger charge is 2.21. The second kappa shape index (κ2) is 11.4. The summed E-state index contributed by atoms with van der Waals surface area (Å²) in [6.07, 6.45) is 0. The quantitative estimate of drug-likeness (QED) is 0.174. The largest absolute Gasteiger partial charge is 0.309 e. The minimum Gasteiger partial charge on any atom is -0.309 e. The topological polar surface area (TPSA) is 43.6 Å². The predicted molar refractivity (Wildman–Crippen MR) is 218 cm³/mol. The molecule has 0 aliphatic heterocycles. The molecule has 8 aromatic carbocycles. The summed E-state index contributed by atoms with van der Waals surface area (Å²) in [5, 5.41) is 9.64. The monoisotopic (exact) mass is 680 g/mol. The molecule has 0 saturated carbocycles. The number of para-hydroxylation sites is 2. The van der Waals surface area contributed by atoms with Crippen LogP contribution in [0.4, 0.5) is 0 Å². The molecule has 3 aromatic heterocycles. The number of hydrogen-bond donors (Lipinski definition) is 0. The molecule has 52 heavy (non-hydrogen) atoms. The SMILES string of the molecule is c1ccc(-c2nc(-c3cc4ccccc4c4ccccc34)nc(-c3cccc4c3sc3c4ccc4c3c3ccccc3n4-c3ccccc3)n2)cc1. The minimum atomic E-state index is 0.657. The Morgan fingerprint density at radius 1 is 0.385 bits per heavy atom.